The zero-order chi connectivity index (χ0) is 21.7. The first-order chi connectivity index (χ1) is 14.2. The topological polar surface area (TPSA) is 75.3 Å². The van der Waals surface area contributed by atoms with Crippen LogP contribution in [0.15, 0.2) is 82.2 Å². The van der Waals surface area contributed by atoms with Gasteiger partial charge in [-0.2, -0.15) is 4.72 Å². The summed E-state index contributed by atoms with van der Waals surface area (Å²) in [7, 11) is -3.96. The molecule has 1 atom stereocenters. The first-order valence-corrected chi connectivity index (χ1v) is 11.4. The molecule has 0 bridgehead atoms. The molecule has 3 aromatic carbocycles. The van der Waals surface area contributed by atoms with Crippen molar-refractivity contribution in [3.05, 3.63) is 94.2 Å². The van der Waals surface area contributed by atoms with Crippen LogP contribution in [0, 0.1) is 12.7 Å². The van der Waals surface area contributed by atoms with Gasteiger partial charge < -0.3 is 5.32 Å². The van der Waals surface area contributed by atoms with Gasteiger partial charge in [0.05, 0.1) is 4.90 Å². The summed E-state index contributed by atoms with van der Waals surface area (Å²) >= 11 is 3.27. The molecule has 0 fully saturated rings. The van der Waals surface area contributed by atoms with Gasteiger partial charge in [-0.1, -0.05) is 52.3 Å². The average molecular weight is 491 g/mol. The molecule has 0 aliphatic carbocycles. The van der Waals surface area contributed by atoms with Crippen LogP contribution in [0.5, 0.6) is 0 Å². The van der Waals surface area contributed by atoms with Crippen molar-refractivity contribution in [2.24, 2.45) is 0 Å². The second-order valence-corrected chi connectivity index (χ2v) is 9.40. The fourth-order valence-corrected chi connectivity index (χ4v) is 4.32. The minimum atomic E-state index is -3.96. The van der Waals surface area contributed by atoms with Crippen molar-refractivity contribution in [3.63, 3.8) is 0 Å². The first kappa shape index (κ1) is 22.1. The zero-order valence-electron chi connectivity index (χ0n) is 16.1. The fourth-order valence-electron chi connectivity index (χ4n) is 2.86. The van der Waals surface area contributed by atoms with E-state index in [9.17, 15) is 17.6 Å². The normalized spacial score (nSPS) is 12.4. The first-order valence-electron chi connectivity index (χ1n) is 9.13. The fraction of sp³-hybridized carbons (Fsp3) is 0.136. The average Bonchev–Trinajstić information content (AvgIpc) is 2.71. The Bertz CT molecular complexity index is 1140. The SMILES string of the molecule is Cc1ccc(F)cc1NC(=O)[C@@H](Cc1ccccc1)NS(=O)(=O)c1ccc(Br)cc1. The Balaban J connectivity index is 1.88. The second kappa shape index (κ2) is 9.51. The van der Waals surface area contributed by atoms with Crippen LogP contribution < -0.4 is 10.0 Å². The van der Waals surface area contributed by atoms with Gasteiger partial charge in [0, 0.05) is 10.2 Å². The van der Waals surface area contributed by atoms with E-state index in [4.69, 9.17) is 0 Å². The van der Waals surface area contributed by atoms with Crippen LogP contribution in [0.4, 0.5) is 10.1 Å². The van der Waals surface area contributed by atoms with E-state index in [-0.39, 0.29) is 11.3 Å². The zero-order valence-corrected chi connectivity index (χ0v) is 18.5. The van der Waals surface area contributed by atoms with Gasteiger partial charge in [-0.05, 0) is 60.9 Å². The van der Waals surface area contributed by atoms with Gasteiger partial charge in [-0.15, -0.1) is 0 Å². The molecule has 0 aromatic heterocycles. The lowest BCUT2D eigenvalue weighted by Gasteiger charge is -2.19. The second-order valence-electron chi connectivity index (χ2n) is 6.77. The number of benzene rings is 3. The Morgan fingerprint density at radius 2 is 1.70 bits per heavy atom. The summed E-state index contributed by atoms with van der Waals surface area (Å²) in [5.41, 5.74) is 1.74. The number of aryl methyl sites for hydroxylation is 1. The summed E-state index contributed by atoms with van der Waals surface area (Å²) in [5, 5.41) is 2.64. The minimum Gasteiger partial charge on any atom is -0.324 e. The predicted molar refractivity (Wildman–Crippen MR) is 118 cm³/mol. The lowest BCUT2D eigenvalue weighted by atomic mass is 10.1. The highest BCUT2D eigenvalue weighted by Gasteiger charge is 2.26. The third kappa shape index (κ3) is 5.75. The summed E-state index contributed by atoms with van der Waals surface area (Å²) in [4.78, 5) is 13.0. The number of anilines is 1. The summed E-state index contributed by atoms with van der Waals surface area (Å²) < 4.78 is 42.5. The van der Waals surface area contributed by atoms with E-state index < -0.39 is 27.8 Å². The number of hydrogen-bond acceptors (Lipinski definition) is 3. The van der Waals surface area contributed by atoms with Crippen LogP contribution in [0.2, 0.25) is 0 Å². The van der Waals surface area contributed by atoms with Gasteiger partial charge in [-0.3, -0.25) is 4.79 Å². The molecular weight excluding hydrogens is 471 g/mol. The van der Waals surface area contributed by atoms with Gasteiger partial charge in [0.1, 0.15) is 11.9 Å². The van der Waals surface area contributed by atoms with Crippen molar-refractivity contribution in [2.75, 3.05) is 5.32 Å². The summed E-state index contributed by atoms with van der Waals surface area (Å²) in [5.74, 6) is -1.07. The van der Waals surface area contributed by atoms with Crippen LogP contribution in [-0.4, -0.2) is 20.4 Å². The number of nitrogens with one attached hydrogen (secondary N) is 2. The van der Waals surface area contributed by atoms with E-state index in [2.05, 4.69) is 26.0 Å². The van der Waals surface area contributed by atoms with Crippen LogP contribution in [0.3, 0.4) is 0 Å². The molecule has 0 heterocycles. The molecular formula is C22H20BrFN2O3S. The van der Waals surface area contributed by atoms with Crippen LogP contribution >= 0.6 is 15.9 Å². The molecule has 0 saturated carbocycles. The van der Waals surface area contributed by atoms with Gasteiger partial charge in [-0.25, -0.2) is 12.8 Å². The molecule has 5 nitrogen and oxygen atoms in total. The van der Waals surface area contributed by atoms with E-state index in [0.717, 1.165) is 10.0 Å². The van der Waals surface area contributed by atoms with Gasteiger partial charge in [0.25, 0.3) is 0 Å². The molecule has 1 amide bonds. The molecule has 3 aromatic rings. The number of halogens is 2. The highest BCUT2D eigenvalue weighted by molar-refractivity contribution is 9.10. The Morgan fingerprint density at radius 3 is 2.37 bits per heavy atom. The van der Waals surface area contributed by atoms with Crippen molar-refractivity contribution in [1.29, 1.82) is 0 Å². The Labute approximate surface area is 183 Å². The highest BCUT2D eigenvalue weighted by atomic mass is 79.9. The van der Waals surface area contributed by atoms with Crippen molar-refractivity contribution in [1.82, 2.24) is 4.72 Å². The predicted octanol–water partition coefficient (Wildman–Crippen LogP) is 4.42. The molecule has 0 radical (unpaired) electrons. The molecule has 3 rings (SSSR count). The van der Waals surface area contributed by atoms with Crippen molar-refractivity contribution >= 4 is 37.5 Å². The van der Waals surface area contributed by atoms with E-state index in [1.807, 2.05) is 30.3 Å². The third-order valence-corrected chi connectivity index (χ3v) is 6.49. The number of amides is 1. The largest absolute Gasteiger partial charge is 0.324 e. The molecule has 0 aliphatic rings. The van der Waals surface area contributed by atoms with Crippen molar-refractivity contribution < 1.29 is 17.6 Å². The van der Waals surface area contributed by atoms with Gasteiger partial charge in [0.2, 0.25) is 15.9 Å². The van der Waals surface area contributed by atoms with Gasteiger partial charge in [0.15, 0.2) is 0 Å². The molecule has 0 spiro atoms. The summed E-state index contributed by atoms with van der Waals surface area (Å²) in [6.45, 7) is 1.73. The van der Waals surface area contributed by atoms with Crippen molar-refractivity contribution in [3.8, 4) is 0 Å². The maximum absolute atomic E-state index is 13.6. The van der Waals surface area contributed by atoms with Crippen LogP contribution in [0.25, 0.3) is 0 Å². The maximum atomic E-state index is 13.6. The molecule has 0 saturated heterocycles. The summed E-state index contributed by atoms with van der Waals surface area (Å²) in [6.07, 6.45) is 0.136. The number of carbonyl (C=O) groups excluding carboxylic acids is 1. The quantitative estimate of drug-likeness (QED) is 0.514. The van der Waals surface area contributed by atoms with Crippen LogP contribution in [0.1, 0.15) is 11.1 Å². The van der Waals surface area contributed by atoms with Gasteiger partial charge >= 0.3 is 0 Å². The molecule has 30 heavy (non-hydrogen) atoms. The standard InChI is InChI=1S/C22H20BrFN2O3S/c1-15-7-10-18(24)14-20(15)25-22(27)21(13-16-5-3-2-4-6-16)26-30(28,29)19-11-8-17(23)9-12-19/h2-12,14,21,26H,13H2,1H3,(H,25,27)/t21-/m1/s1. The molecule has 156 valence electrons. The molecule has 2 N–H and O–H groups in total. The molecule has 0 unspecified atom stereocenters. The molecule has 8 heteroatoms. The number of carbonyl (C=O) groups is 1. The lowest BCUT2D eigenvalue weighted by Crippen LogP contribution is -2.45. The van der Waals surface area contributed by atoms with E-state index in [1.165, 1.54) is 24.3 Å². The Kier molecular flexibility index (Phi) is 7.02. The summed E-state index contributed by atoms with van der Waals surface area (Å²) in [6, 6.07) is 18.1. The van der Waals surface area contributed by atoms with Crippen LogP contribution in [-0.2, 0) is 21.2 Å². The molecule has 0 aliphatic heterocycles. The number of rotatable bonds is 7. The number of hydrogen-bond donors (Lipinski definition) is 2. The van der Waals surface area contributed by atoms with E-state index in [0.29, 0.717) is 11.3 Å². The Hall–Kier alpha value is -2.55. The monoisotopic (exact) mass is 490 g/mol. The van der Waals surface area contributed by atoms with E-state index >= 15 is 0 Å². The van der Waals surface area contributed by atoms with E-state index in [1.54, 1.807) is 25.1 Å². The Morgan fingerprint density at radius 1 is 1.03 bits per heavy atom. The van der Waals surface area contributed by atoms with Crippen molar-refractivity contribution in [2.45, 2.75) is 24.3 Å². The maximum Gasteiger partial charge on any atom is 0.242 e. The smallest absolute Gasteiger partial charge is 0.242 e. The highest BCUT2D eigenvalue weighted by Crippen LogP contribution is 2.19. The minimum absolute atomic E-state index is 0.0403. The number of sulfonamides is 1. The third-order valence-electron chi connectivity index (χ3n) is 4.48. The lowest BCUT2D eigenvalue weighted by molar-refractivity contribution is -0.117.